The van der Waals surface area contributed by atoms with E-state index in [9.17, 15) is 4.79 Å². The second-order valence-corrected chi connectivity index (χ2v) is 6.94. The molecule has 0 saturated carbocycles. The maximum absolute atomic E-state index is 12.8. The Labute approximate surface area is 152 Å². The summed E-state index contributed by atoms with van der Waals surface area (Å²) in [5.41, 5.74) is 1.80. The second kappa shape index (κ2) is 5.99. The Kier molecular flexibility index (Phi) is 3.49. The van der Waals surface area contributed by atoms with Gasteiger partial charge >= 0.3 is 0 Å². The van der Waals surface area contributed by atoms with Crippen molar-refractivity contribution in [1.29, 1.82) is 0 Å². The minimum atomic E-state index is -0.0388. The summed E-state index contributed by atoms with van der Waals surface area (Å²) in [6.45, 7) is 1.19. The van der Waals surface area contributed by atoms with Gasteiger partial charge in [0.15, 0.2) is 16.3 Å². The first-order chi connectivity index (χ1) is 12.8. The predicted octanol–water partition coefficient (Wildman–Crippen LogP) is 0.917. The van der Waals surface area contributed by atoms with E-state index < -0.39 is 0 Å². The van der Waals surface area contributed by atoms with Gasteiger partial charge in [-0.1, -0.05) is 17.4 Å². The Hall–Kier alpha value is -3.13. The molecule has 0 fully saturated rings. The van der Waals surface area contributed by atoms with Gasteiger partial charge in [-0.25, -0.2) is 4.99 Å². The van der Waals surface area contributed by atoms with Crippen LogP contribution in [-0.2, 0) is 6.67 Å². The molecule has 8 heteroatoms. The van der Waals surface area contributed by atoms with Crippen LogP contribution in [0.4, 0.5) is 5.69 Å². The minimum absolute atomic E-state index is 0.0388. The first-order valence-electron chi connectivity index (χ1n) is 8.08. The summed E-state index contributed by atoms with van der Waals surface area (Å²) in [6.07, 6.45) is 5.30. The van der Waals surface area contributed by atoms with Crippen LogP contribution in [0, 0.1) is 0 Å². The van der Waals surface area contributed by atoms with E-state index in [0.29, 0.717) is 17.9 Å². The van der Waals surface area contributed by atoms with Crippen molar-refractivity contribution in [2.75, 3.05) is 18.4 Å². The zero-order valence-corrected chi connectivity index (χ0v) is 14.5. The highest BCUT2D eigenvalue weighted by Crippen LogP contribution is 2.35. The van der Waals surface area contributed by atoms with Crippen LogP contribution in [-0.4, -0.2) is 23.0 Å². The van der Waals surface area contributed by atoms with Gasteiger partial charge in [-0.05, 0) is 29.8 Å². The normalized spacial score (nSPS) is 15.7. The smallest absolute Gasteiger partial charge is 0.271 e. The van der Waals surface area contributed by atoms with Gasteiger partial charge in [-0.3, -0.25) is 14.3 Å². The van der Waals surface area contributed by atoms with Gasteiger partial charge in [0, 0.05) is 24.1 Å². The molecule has 0 atom stereocenters. The van der Waals surface area contributed by atoms with Crippen molar-refractivity contribution < 1.29 is 9.47 Å². The summed E-state index contributed by atoms with van der Waals surface area (Å²) in [5.74, 6) is 1.46. The first-order valence-corrected chi connectivity index (χ1v) is 8.90. The van der Waals surface area contributed by atoms with Crippen molar-refractivity contribution in [2.24, 2.45) is 4.99 Å². The lowest BCUT2D eigenvalue weighted by atomic mass is 10.2. The molecule has 2 aliphatic rings. The number of hydrogen-bond donors (Lipinski definition) is 0. The van der Waals surface area contributed by atoms with Gasteiger partial charge in [0.1, 0.15) is 13.3 Å². The van der Waals surface area contributed by atoms with Gasteiger partial charge in [0.25, 0.3) is 5.56 Å². The molecule has 130 valence electrons. The largest absolute Gasteiger partial charge is 0.454 e. The van der Waals surface area contributed by atoms with E-state index in [2.05, 4.69) is 9.98 Å². The molecule has 0 bridgehead atoms. The van der Waals surface area contributed by atoms with Crippen LogP contribution < -0.4 is 29.3 Å². The monoisotopic (exact) mass is 366 g/mol. The zero-order chi connectivity index (χ0) is 17.5. The average Bonchev–Trinajstić information content (AvgIpc) is 3.27. The van der Waals surface area contributed by atoms with Crippen molar-refractivity contribution in [1.82, 2.24) is 9.55 Å². The molecular formula is C18H14N4O3S. The number of nitrogens with zero attached hydrogens (tertiary/aromatic N) is 4. The number of rotatable bonds is 2. The third kappa shape index (κ3) is 2.55. The van der Waals surface area contributed by atoms with Crippen LogP contribution in [0.3, 0.4) is 0 Å². The van der Waals surface area contributed by atoms with E-state index in [1.54, 1.807) is 17.0 Å². The summed E-state index contributed by atoms with van der Waals surface area (Å²) in [6, 6.07) is 9.52. The quantitative estimate of drug-likeness (QED) is 0.675. The number of benzene rings is 1. The van der Waals surface area contributed by atoms with Gasteiger partial charge in [0.05, 0.1) is 4.53 Å². The van der Waals surface area contributed by atoms with Crippen molar-refractivity contribution >= 4 is 23.1 Å². The van der Waals surface area contributed by atoms with Crippen molar-refractivity contribution in [3.05, 3.63) is 68.0 Å². The van der Waals surface area contributed by atoms with Gasteiger partial charge in [-0.15, -0.1) is 0 Å². The predicted molar refractivity (Wildman–Crippen MR) is 97.1 cm³/mol. The van der Waals surface area contributed by atoms with Crippen molar-refractivity contribution in [2.45, 2.75) is 6.67 Å². The molecule has 26 heavy (non-hydrogen) atoms. The van der Waals surface area contributed by atoms with Crippen LogP contribution in [0.2, 0.25) is 0 Å². The fraction of sp³-hybridized carbons (Fsp3) is 0.167. The highest BCUT2D eigenvalue weighted by atomic mass is 32.1. The molecule has 5 rings (SSSR count). The Balaban J connectivity index is 1.50. The molecule has 0 aliphatic carbocycles. The lowest BCUT2D eigenvalue weighted by molar-refractivity contribution is 0.174. The van der Waals surface area contributed by atoms with E-state index >= 15 is 0 Å². The average molecular weight is 366 g/mol. The molecule has 4 heterocycles. The summed E-state index contributed by atoms with van der Waals surface area (Å²) >= 11 is 1.40. The molecule has 7 nitrogen and oxygen atoms in total. The Morgan fingerprint density at radius 2 is 2.12 bits per heavy atom. The summed E-state index contributed by atoms with van der Waals surface area (Å²) < 4.78 is 13.1. The van der Waals surface area contributed by atoms with E-state index in [4.69, 9.17) is 9.47 Å². The van der Waals surface area contributed by atoms with Crippen LogP contribution >= 0.6 is 11.3 Å². The fourth-order valence-electron chi connectivity index (χ4n) is 2.97. The van der Waals surface area contributed by atoms with Crippen LogP contribution in [0.1, 0.15) is 5.56 Å². The summed E-state index contributed by atoms with van der Waals surface area (Å²) in [5, 5.41) is 0. The van der Waals surface area contributed by atoms with Gasteiger partial charge in [0.2, 0.25) is 6.79 Å². The van der Waals surface area contributed by atoms with Crippen LogP contribution in [0.25, 0.3) is 6.08 Å². The SMILES string of the molecule is O=c1/c(=C/c2cccnc2)sc2n1CN(c1ccc3c(c1)OCO3)CN=2. The molecule has 0 saturated heterocycles. The molecule has 1 aromatic carbocycles. The Bertz CT molecular complexity index is 1150. The standard InChI is InChI=1S/C18H14N4O3S/c23-17-16(6-12-2-1-5-19-8-12)26-18-20-9-21(10-22(17)18)13-3-4-14-15(7-13)25-11-24-14/h1-8H,9-11H2/b16-6-. The number of aromatic nitrogens is 2. The van der Waals surface area contributed by atoms with E-state index in [0.717, 1.165) is 27.6 Å². The molecule has 0 N–H and O–H groups in total. The molecule has 2 aliphatic heterocycles. The third-order valence-electron chi connectivity index (χ3n) is 4.28. The fourth-order valence-corrected chi connectivity index (χ4v) is 3.93. The number of fused-ring (bicyclic) bond motifs is 2. The molecule has 3 aromatic rings. The van der Waals surface area contributed by atoms with Gasteiger partial charge < -0.3 is 14.4 Å². The molecule has 0 radical (unpaired) electrons. The topological polar surface area (TPSA) is 69.0 Å². The molecule has 0 spiro atoms. The number of ether oxygens (including phenoxy) is 2. The number of hydrogen-bond acceptors (Lipinski definition) is 7. The Morgan fingerprint density at radius 1 is 1.19 bits per heavy atom. The second-order valence-electron chi connectivity index (χ2n) is 5.93. The zero-order valence-electron chi connectivity index (χ0n) is 13.7. The van der Waals surface area contributed by atoms with E-state index in [1.165, 1.54) is 11.3 Å². The Morgan fingerprint density at radius 3 is 3.00 bits per heavy atom. The number of thiazole rings is 1. The van der Waals surface area contributed by atoms with Gasteiger partial charge in [-0.2, -0.15) is 0 Å². The molecular weight excluding hydrogens is 352 g/mol. The molecule has 0 amide bonds. The maximum atomic E-state index is 12.8. The molecule has 0 unspecified atom stereocenters. The van der Waals surface area contributed by atoms with E-state index in [-0.39, 0.29) is 12.4 Å². The van der Waals surface area contributed by atoms with Crippen LogP contribution in [0.15, 0.2) is 52.5 Å². The highest BCUT2D eigenvalue weighted by Gasteiger charge is 2.19. The lowest BCUT2D eigenvalue weighted by Gasteiger charge is -2.25. The lowest BCUT2D eigenvalue weighted by Crippen LogP contribution is -2.42. The summed E-state index contributed by atoms with van der Waals surface area (Å²) in [4.78, 5) is 24.2. The number of anilines is 1. The maximum Gasteiger partial charge on any atom is 0.271 e. The first kappa shape index (κ1) is 15.2. The van der Waals surface area contributed by atoms with Crippen molar-refractivity contribution in [3.63, 3.8) is 0 Å². The molecule has 2 aromatic heterocycles. The minimum Gasteiger partial charge on any atom is -0.454 e. The third-order valence-corrected chi connectivity index (χ3v) is 5.32. The highest BCUT2D eigenvalue weighted by molar-refractivity contribution is 7.07. The van der Waals surface area contributed by atoms with Crippen LogP contribution in [0.5, 0.6) is 11.5 Å². The number of pyridine rings is 1. The van der Waals surface area contributed by atoms with Crippen molar-refractivity contribution in [3.8, 4) is 11.5 Å². The van der Waals surface area contributed by atoms with E-state index in [1.807, 2.05) is 41.3 Å². The summed E-state index contributed by atoms with van der Waals surface area (Å²) in [7, 11) is 0.